The summed E-state index contributed by atoms with van der Waals surface area (Å²) in [5.41, 5.74) is 1.63. The number of aromatic nitrogens is 3. The molecule has 0 atom stereocenters. The summed E-state index contributed by atoms with van der Waals surface area (Å²) in [6.45, 7) is 4.07. The Hall–Kier alpha value is -3.24. The Morgan fingerprint density at radius 1 is 1.10 bits per heavy atom. The average molecular weight is 424 g/mol. The van der Waals surface area contributed by atoms with Crippen molar-refractivity contribution in [1.82, 2.24) is 24.8 Å². The van der Waals surface area contributed by atoms with Crippen LogP contribution in [0, 0.1) is 0 Å². The highest BCUT2D eigenvalue weighted by molar-refractivity contribution is 7.14. The molecule has 2 aliphatic rings. The molecule has 0 spiro atoms. The van der Waals surface area contributed by atoms with Gasteiger partial charge < -0.3 is 19.7 Å². The van der Waals surface area contributed by atoms with Gasteiger partial charge in [-0.05, 0) is 23.8 Å². The van der Waals surface area contributed by atoms with Crippen LogP contribution in [0.2, 0.25) is 0 Å². The molecular formula is C20H20N6O3S. The standard InChI is InChI=1S/C20H20N6O3S/c27-18(15-12-30-20(23-15)24-19-21-4-1-5-22-19)26-8-6-25(7-9-26)11-14-2-3-16-17(10-14)29-13-28-16/h1-5,10,12H,6-9,11,13H2,(H,21,22,23,24). The molecule has 9 nitrogen and oxygen atoms in total. The van der Waals surface area contributed by atoms with Crippen LogP contribution in [-0.2, 0) is 6.54 Å². The number of benzene rings is 1. The smallest absolute Gasteiger partial charge is 0.273 e. The van der Waals surface area contributed by atoms with Crippen molar-refractivity contribution in [2.24, 2.45) is 0 Å². The van der Waals surface area contributed by atoms with Crippen molar-refractivity contribution in [3.63, 3.8) is 0 Å². The molecule has 0 aliphatic carbocycles. The highest BCUT2D eigenvalue weighted by Crippen LogP contribution is 2.32. The van der Waals surface area contributed by atoms with E-state index < -0.39 is 0 Å². The normalized spacial score (nSPS) is 15.9. The van der Waals surface area contributed by atoms with Gasteiger partial charge in [-0.15, -0.1) is 11.3 Å². The van der Waals surface area contributed by atoms with Gasteiger partial charge in [-0.25, -0.2) is 15.0 Å². The van der Waals surface area contributed by atoms with Crippen molar-refractivity contribution in [3.05, 3.63) is 53.3 Å². The van der Waals surface area contributed by atoms with E-state index in [1.165, 1.54) is 16.9 Å². The van der Waals surface area contributed by atoms with Crippen LogP contribution in [0.4, 0.5) is 11.1 Å². The van der Waals surface area contributed by atoms with Crippen molar-refractivity contribution in [2.45, 2.75) is 6.54 Å². The van der Waals surface area contributed by atoms with Gasteiger partial charge >= 0.3 is 0 Å². The lowest BCUT2D eigenvalue weighted by molar-refractivity contribution is 0.0623. The maximum absolute atomic E-state index is 12.8. The Kier molecular flexibility index (Phi) is 5.16. The number of hydrogen-bond acceptors (Lipinski definition) is 9. The van der Waals surface area contributed by atoms with Crippen LogP contribution in [0.15, 0.2) is 42.0 Å². The molecule has 0 bridgehead atoms. The van der Waals surface area contributed by atoms with Crippen LogP contribution in [-0.4, -0.2) is 63.6 Å². The van der Waals surface area contributed by atoms with Gasteiger partial charge in [-0.3, -0.25) is 9.69 Å². The molecule has 2 aliphatic heterocycles. The first-order chi connectivity index (χ1) is 14.7. The molecule has 0 saturated carbocycles. The van der Waals surface area contributed by atoms with Gasteiger partial charge in [-0.1, -0.05) is 6.07 Å². The topological polar surface area (TPSA) is 92.7 Å². The van der Waals surface area contributed by atoms with Crippen molar-refractivity contribution in [1.29, 1.82) is 0 Å². The molecule has 1 N–H and O–H groups in total. The predicted octanol–water partition coefficient (Wildman–Crippen LogP) is 2.36. The lowest BCUT2D eigenvalue weighted by atomic mass is 10.1. The molecule has 30 heavy (non-hydrogen) atoms. The Labute approximate surface area is 177 Å². The Balaban J connectivity index is 1.15. The van der Waals surface area contributed by atoms with E-state index in [1.54, 1.807) is 23.8 Å². The first-order valence-electron chi connectivity index (χ1n) is 9.64. The van der Waals surface area contributed by atoms with Crippen molar-refractivity contribution in [3.8, 4) is 11.5 Å². The highest BCUT2D eigenvalue weighted by Gasteiger charge is 2.24. The number of anilines is 2. The number of carbonyl (C=O) groups is 1. The summed E-state index contributed by atoms with van der Waals surface area (Å²) in [6.07, 6.45) is 3.30. The number of amides is 1. The molecule has 2 aromatic heterocycles. The number of fused-ring (bicyclic) bond motifs is 1. The van der Waals surface area contributed by atoms with Gasteiger partial charge in [0.1, 0.15) is 5.69 Å². The van der Waals surface area contributed by atoms with E-state index in [0.717, 1.165) is 31.1 Å². The minimum absolute atomic E-state index is 0.0454. The third-order valence-corrected chi connectivity index (χ3v) is 5.77. The van der Waals surface area contributed by atoms with Crippen molar-refractivity contribution >= 4 is 28.3 Å². The fourth-order valence-electron chi connectivity index (χ4n) is 3.46. The number of piperazine rings is 1. The van der Waals surface area contributed by atoms with Gasteiger partial charge in [0.15, 0.2) is 16.6 Å². The number of ether oxygens (including phenoxy) is 2. The monoisotopic (exact) mass is 424 g/mol. The van der Waals surface area contributed by atoms with Crippen LogP contribution in [0.25, 0.3) is 0 Å². The lowest BCUT2D eigenvalue weighted by Gasteiger charge is -2.34. The highest BCUT2D eigenvalue weighted by atomic mass is 32.1. The molecule has 4 heterocycles. The summed E-state index contributed by atoms with van der Waals surface area (Å²) in [5, 5.41) is 5.39. The van der Waals surface area contributed by atoms with E-state index in [-0.39, 0.29) is 12.7 Å². The van der Waals surface area contributed by atoms with Crippen LogP contribution in [0.5, 0.6) is 11.5 Å². The fraction of sp³-hybridized carbons (Fsp3) is 0.300. The summed E-state index contributed by atoms with van der Waals surface area (Å²) in [4.78, 5) is 29.6. The van der Waals surface area contributed by atoms with Crippen LogP contribution < -0.4 is 14.8 Å². The quantitative estimate of drug-likeness (QED) is 0.667. The van der Waals surface area contributed by atoms with E-state index >= 15 is 0 Å². The summed E-state index contributed by atoms with van der Waals surface area (Å²) in [6, 6.07) is 7.78. The third-order valence-electron chi connectivity index (χ3n) is 5.01. The maximum Gasteiger partial charge on any atom is 0.273 e. The number of rotatable bonds is 5. The van der Waals surface area contributed by atoms with Gasteiger partial charge in [0.2, 0.25) is 12.7 Å². The Morgan fingerprint density at radius 2 is 1.90 bits per heavy atom. The molecule has 10 heteroatoms. The largest absolute Gasteiger partial charge is 0.454 e. The molecule has 154 valence electrons. The fourth-order valence-corrected chi connectivity index (χ4v) is 4.14. The molecular weight excluding hydrogens is 404 g/mol. The molecule has 1 amide bonds. The summed E-state index contributed by atoms with van der Waals surface area (Å²) in [5.74, 6) is 2.01. The number of thiazole rings is 1. The van der Waals surface area contributed by atoms with Crippen molar-refractivity contribution in [2.75, 3.05) is 38.3 Å². The minimum Gasteiger partial charge on any atom is -0.454 e. The van der Waals surface area contributed by atoms with E-state index in [1.807, 2.05) is 17.0 Å². The number of hydrogen-bond donors (Lipinski definition) is 1. The second-order valence-electron chi connectivity index (χ2n) is 6.99. The zero-order valence-electron chi connectivity index (χ0n) is 16.2. The van der Waals surface area contributed by atoms with Crippen molar-refractivity contribution < 1.29 is 14.3 Å². The van der Waals surface area contributed by atoms with Crippen LogP contribution in [0.1, 0.15) is 16.1 Å². The van der Waals surface area contributed by atoms with Gasteiger partial charge in [0.05, 0.1) is 0 Å². The van der Waals surface area contributed by atoms with E-state index in [9.17, 15) is 4.79 Å². The first kappa shape index (κ1) is 18.8. The Bertz CT molecular complexity index is 1040. The maximum atomic E-state index is 12.8. The van der Waals surface area contributed by atoms with Gasteiger partial charge in [-0.2, -0.15) is 0 Å². The average Bonchev–Trinajstić information content (AvgIpc) is 3.44. The molecule has 1 saturated heterocycles. The second kappa shape index (κ2) is 8.25. The predicted molar refractivity (Wildman–Crippen MR) is 111 cm³/mol. The Morgan fingerprint density at radius 3 is 2.73 bits per heavy atom. The van der Waals surface area contributed by atoms with Gasteiger partial charge in [0.25, 0.3) is 5.91 Å². The zero-order chi connectivity index (χ0) is 20.3. The van der Waals surface area contributed by atoms with E-state index in [4.69, 9.17) is 9.47 Å². The van der Waals surface area contributed by atoms with E-state index in [0.29, 0.717) is 29.9 Å². The molecule has 1 aromatic carbocycles. The summed E-state index contributed by atoms with van der Waals surface area (Å²) >= 11 is 1.37. The number of nitrogens with one attached hydrogen (secondary N) is 1. The number of nitrogens with zero attached hydrogens (tertiary/aromatic N) is 5. The first-order valence-corrected chi connectivity index (χ1v) is 10.5. The minimum atomic E-state index is -0.0454. The van der Waals surface area contributed by atoms with Crippen LogP contribution in [0.3, 0.4) is 0 Å². The van der Waals surface area contributed by atoms with E-state index in [2.05, 4.69) is 31.2 Å². The zero-order valence-corrected chi connectivity index (χ0v) is 17.0. The molecule has 0 radical (unpaired) electrons. The summed E-state index contributed by atoms with van der Waals surface area (Å²) in [7, 11) is 0. The molecule has 0 unspecified atom stereocenters. The van der Waals surface area contributed by atoms with Gasteiger partial charge in [0, 0.05) is 50.5 Å². The SMILES string of the molecule is O=C(c1csc(Nc2ncccn2)n1)N1CCN(Cc2ccc3c(c2)OCO3)CC1. The number of carbonyl (C=O) groups excluding carboxylic acids is 1. The summed E-state index contributed by atoms with van der Waals surface area (Å²) < 4.78 is 10.8. The molecule has 3 aromatic rings. The lowest BCUT2D eigenvalue weighted by Crippen LogP contribution is -2.48. The van der Waals surface area contributed by atoms with Crippen LogP contribution >= 0.6 is 11.3 Å². The molecule has 1 fully saturated rings. The molecule has 5 rings (SSSR count). The second-order valence-corrected chi connectivity index (χ2v) is 7.85. The third kappa shape index (κ3) is 4.05.